The number of aromatic nitrogens is 2. The van der Waals surface area contributed by atoms with E-state index in [-0.39, 0.29) is 5.91 Å². The third-order valence-corrected chi connectivity index (χ3v) is 5.94. The van der Waals surface area contributed by atoms with Gasteiger partial charge in [-0.1, -0.05) is 31.3 Å². The van der Waals surface area contributed by atoms with Gasteiger partial charge < -0.3 is 5.32 Å². The Morgan fingerprint density at radius 1 is 1.29 bits per heavy atom. The van der Waals surface area contributed by atoms with Gasteiger partial charge in [-0.15, -0.1) is 11.8 Å². The predicted molar refractivity (Wildman–Crippen MR) is 116 cm³/mol. The van der Waals surface area contributed by atoms with Crippen molar-refractivity contribution in [2.45, 2.75) is 38.6 Å². The van der Waals surface area contributed by atoms with Crippen LogP contribution in [-0.2, 0) is 11.2 Å². The van der Waals surface area contributed by atoms with Crippen LogP contribution < -0.4 is 5.32 Å². The third kappa shape index (κ3) is 5.31. The molecular weight excluding hydrogens is 388 g/mol. The van der Waals surface area contributed by atoms with Gasteiger partial charge in [0.1, 0.15) is 11.1 Å². The molecule has 144 valence electrons. The summed E-state index contributed by atoms with van der Waals surface area (Å²) in [5.74, 6) is 0.976. The Morgan fingerprint density at radius 2 is 2.11 bits per heavy atom. The van der Waals surface area contributed by atoms with Gasteiger partial charge in [0.15, 0.2) is 5.13 Å². The van der Waals surface area contributed by atoms with Gasteiger partial charge in [0.25, 0.3) is 0 Å². The fourth-order valence-electron chi connectivity index (χ4n) is 2.71. The summed E-state index contributed by atoms with van der Waals surface area (Å²) in [5, 5.41) is 13.5. The number of carbonyl (C=O) groups is 1. The normalized spacial score (nSPS) is 11.0. The zero-order valence-electron chi connectivity index (χ0n) is 16.2. The molecular formula is C21H22N4OS2. The highest BCUT2D eigenvalue weighted by atomic mass is 32.2. The van der Waals surface area contributed by atoms with E-state index in [4.69, 9.17) is 0 Å². The number of nitriles is 1. The second kappa shape index (κ2) is 9.18. The Kier molecular flexibility index (Phi) is 6.65. The van der Waals surface area contributed by atoms with E-state index in [1.165, 1.54) is 28.7 Å². The van der Waals surface area contributed by atoms with E-state index in [1.807, 2.05) is 31.2 Å². The van der Waals surface area contributed by atoms with E-state index < -0.39 is 0 Å². The number of pyridine rings is 1. The molecule has 0 fully saturated rings. The summed E-state index contributed by atoms with van der Waals surface area (Å²) in [5.41, 5.74) is 3.60. The van der Waals surface area contributed by atoms with Crippen LogP contribution in [0, 0.1) is 24.2 Å². The summed E-state index contributed by atoms with van der Waals surface area (Å²) >= 11 is 2.93. The number of amides is 1. The Hall–Kier alpha value is -2.43. The lowest BCUT2D eigenvalue weighted by atomic mass is 10.1. The molecule has 0 atom stereocenters. The SMILES string of the molecule is Cc1ccc2nc(NC(=O)CCSc3nc(CC(C)C)ccc3C#N)sc2c1. The minimum Gasteiger partial charge on any atom is -0.302 e. The first-order chi connectivity index (χ1) is 13.4. The Balaban J connectivity index is 1.58. The van der Waals surface area contributed by atoms with Crippen LogP contribution in [0.2, 0.25) is 0 Å². The molecule has 0 saturated carbocycles. The van der Waals surface area contributed by atoms with Crippen LogP contribution >= 0.6 is 23.1 Å². The van der Waals surface area contributed by atoms with Gasteiger partial charge in [0.05, 0.1) is 15.8 Å². The Morgan fingerprint density at radius 3 is 2.86 bits per heavy atom. The molecule has 5 nitrogen and oxygen atoms in total. The first-order valence-corrected chi connectivity index (χ1v) is 10.9. The predicted octanol–water partition coefficient (Wildman–Crippen LogP) is 5.19. The van der Waals surface area contributed by atoms with Crippen LogP contribution in [0.1, 0.15) is 37.1 Å². The number of nitrogens with zero attached hydrogens (tertiary/aromatic N) is 3. The number of rotatable bonds is 7. The summed E-state index contributed by atoms with van der Waals surface area (Å²) in [6.07, 6.45) is 1.21. The first kappa shape index (κ1) is 20.3. The van der Waals surface area contributed by atoms with Crippen molar-refractivity contribution in [3.05, 3.63) is 47.2 Å². The van der Waals surface area contributed by atoms with E-state index in [0.29, 0.717) is 33.8 Å². The van der Waals surface area contributed by atoms with Crippen molar-refractivity contribution in [1.82, 2.24) is 9.97 Å². The lowest BCUT2D eigenvalue weighted by Crippen LogP contribution is -2.12. The smallest absolute Gasteiger partial charge is 0.226 e. The largest absolute Gasteiger partial charge is 0.302 e. The summed E-state index contributed by atoms with van der Waals surface area (Å²) in [6.45, 7) is 6.31. The van der Waals surface area contributed by atoms with Crippen molar-refractivity contribution in [3.63, 3.8) is 0 Å². The molecule has 0 bridgehead atoms. The van der Waals surface area contributed by atoms with Crippen molar-refractivity contribution < 1.29 is 4.79 Å². The lowest BCUT2D eigenvalue weighted by Gasteiger charge is -2.08. The molecule has 0 radical (unpaired) electrons. The van der Waals surface area contributed by atoms with Gasteiger partial charge in [-0.25, -0.2) is 9.97 Å². The Bertz CT molecular complexity index is 1040. The number of hydrogen-bond donors (Lipinski definition) is 1. The maximum Gasteiger partial charge on any atom is 0.226 e. The number of nitrogens with one attached hydrogen (secondary N) is 1. The highest BCUT2D eigenvalue weighted by molar-refractivity contribution is 7.99. The minimum absolute atomic E-state index is 0.0832. The second-order valence-corrected chi connectivity index (χ2v) is 9.12. The highest BCUT2D eigenvalue weighted by Crippen LogP contribution is 2.27. The quantitative estimate of drug-likeness (QED) is 0.542. The standard InChI is InChI=1S/C21H22N4OS2/c1-13(2)10-16-6-5-15(12-22)20(23-16)27-9-8-19(26)25-21-24-17-7-4-14(3)11-18(17)28-21/h4-7,11,13H,8-10H2,1-3H3,(H,24,25,26). The van der Waals surface area contributed by atoms with Gasteiger partial charge in [0.2, 0.25) is 5.91 Å². The number of thiazole rings is 1. The molecule has 2 aromatic heterocycles. The first-order valence-electron chi connectivity index (χ1n) is 9.14. The molecule has 3 rings (SSSR count). The van der Waals surface area contributed by atoms with Gasteiger partial charge in [-0.2, -0.15) is 5.26 Å². The molecule has 7 heteroatoms. The van der Waals surface area contributed by atoms with Crippen LogP contribution in [0.4, 0.5) is 5.13 Å². The molecule has 0 aliphatic carbocycles. The molecule has 0 aliphatic heterocycles. The minimum atomic E-state index is -0.0832. The summed E-state index contributed by atoms with van der Waals surface area (Å²) in [6, 6.07) is 11.9. The topological polar surface area (TPSA) is 78.7 Å². The fraction of sp³-hybridized carbons (Fsp3) is 0.333. The van der Waals surface area contributed by atoms with Crippen LogP contribution in [0.5, 0.6) is 0 Å². The molecule has 0 saturated heterocycles. The molecule has 0 unspecified atom stereocenters. The summed E-state index contributed by atoms with van der Waals surface area (Å²) in [7, 11) is 0. The monoisotopic (exact) mass is 410 g/mol. The van der Waals surface area contributed by atoms with E-state index >= 15 is 0 Å². The van der Waals surface area contributed by atoms with Crippen molar-refractivity contribution >= 4 is 44.4 Å². The summed E-state index contributed by atoms with van der Waals surface area (Å²) in [4.78, 5) is 21.3. The number of hydrogen-bond acceptors (Lipinski definition) is 6. The van der Waals surface area contributed by atoms with Crippen LogP contribution in [0.3, 0.4) is 0 Å². The zero-order valence-corrected chi connectivity index (χ0v) is 17.8. The van der Waals surface area contributed by atoms with Crippen LogP contribution in [0.15, 0.2) is 35.4 Å². The van der Waals surface area contributed by atoms with Gasteiger partial charge in [-0.3, -0.25) is 4.79 Å². The van der Waals surface area contributed by atoms with E-state index in [9.17, 15) is 10.1 Å². The highest BCUT2D eigenvalue weighted by Gasteiger charge is 2.11. The molecule has 0 spiro atoms. The van der Waals surface area contributed by atoms with Crippen molar-refractivity contribution in [2.24, 2.45) is 5.92 Å². The lowest BCUT2D eigenvalue weighted by molar-refractivity contribution is -0.115. The number of carbonyl (C=O) groups excluding carboxylic acids is 1. The van der Waals surface area contributed by atoms with Crippen molar-refractivity contribution in [1.29, 1.82) is 5.26 Å². The molecule has 1 N–H and O–H groups in total. The number of aryl methyl sites for hydroxylation is 1. The zero-order chi connectivity index (χ0) is 20.1. The maximum atomic E-state index is 12.3. The Labute approximate surface area is 173 Å². The van der Waals surface area contributed by atoms with Gasteiger partial charge >= 0.3 is 0 Å². The van der Waals surface area contributed by atoms with Crippen LogP contribution in [-0.4, -0.2) is 21.6 Å². The number of thioether (sulfide) groups is 1. The van der Waals surface area contributed by atoms with Crippen molar-refractivity contribution in [2.75, 3.05) is 11.1 Å². The molecule has 28 heavy (non-hydrogen) atoms. The number of benzene rings is 1. The van der Waals surface area contributed by atoms with Crippen LogP contribution in [0.25, 0.3) is 10.2 Å². The summed E-state index contributed by atoms with van der Waals surface area (Å²) < 4.78 is 1.06. The van der Waals surface area contributed by atoms with Gasteiger partial charge in [-0.05, 0) is 49.1 Å². The van der Waals surface area contributed by atoms with E-state index in [0.717, 1.165) is 22.3 Å². The van der Waals surface area contributed by atoms with Crippen molar-refractivity contribution in [3.8, 4) is 6.07 Å². The van der Waals surface area contributed by atoms with E-state index in [2.05, 4.69) is 41.3 Å². The second-order valence-electron chi connectivity index (χ2n) is 7.00. The molecule has 3 aromatic rings. The third-order valence-electron chi connectivity index (χ3n) is 4.01. The average molecular weight is 411 g/mol. The molecule has 1 amide bonds. The van der Waals surface area contributed by atoms with E-state index in [1.54, 1.807) is 0 Å². The molecule has 2 heterocycles. The number of anilines is 1. The average Bonchev–Trinajstić information content (AvgIpc) is 3.02. The fourth-order valence-corrected chi connectivity index (χ4v) is 4.63. The number of fused-ring (bicyclic) bond motifs is 1. The van der Waals surface area contributed by atoms with Gasteiger partial charge in [0, 0.05) is 17.9 Å². The maximum absolute atomic E-state index is 12.3. The molecule has 0 aliphatic rings. The molecule has 1 aromatic carbocycles.